The second kappa shape index (κ2) is 4.13. The van der Waals surface area contributed by atoms with Crippen molar-refractivity contribution < 1.29 is 5.21 Å². The van der Waals surface area contributed by atoms with Crippen LogP contribution in [-0.4, -0.2) is 10.9 Å². The van der Waals surface area contributed by atoms with Crippen molar-refractivity contribution in [2.45, 2.75) is 6.92 Å². The molecule has 0 aliphatic heterocycles. The SMILES string of the molecule is C/C(=N\O)c1ccccc1N=[N+]=[N-]. The highest BCUT2D eigenvalue weighted by atomic mass is 16.4. The quantitative estimate of drug-likeness (QED) is 0.184. The molecule has 1 N–H and O–H groups in total. The van der Waals surface area contributed by atoms with Gasteiger partial charge in [0.15, 0.2) is 0 Å². The fraction of sp³-hybridized carbons (Fsp3) is 0.125. The summed E-state index contributed by atoms with van der Waals surface area (Å²) in [4.78, 5) is 2.67. The highest BCUT2D eigenvalue weighted by molar-refractivity contribution is 6.02. The van der Waals surface area contributed by atoms with E-state index in [0.29, 0.717) is 17.0 Å². The normalized spacial score (nSPS) is 10.7. The van der Waals surface area contributed by atoms with Crippen LogP contribution in [0.2, 0.25) is 0 Å². The molecule has 0 aliphatic carbocycles. The molecule has 0 bridgehead atoms. The topological polar surface area (TPSA) is 81.4 Å². The first-order chi connectivity index (χ1) is 6.29. The van der Waals surface area contributed by atoms with Crippen LogP contribution in [0.1, 0.15) is 12.5 Å². The minimum absolute atomic E-state index is 0.419. The standard InChI is InChI=1S/C8H8N4O/c1-6(11-13)7-4-2-3-5-8(7)10-12-9/h2-5,13H,1H3/b11-6+. The van der Waals surface area contributed by atoms with Gasteiger partial charge in [0, 0.05) is 16.2 Å². The summed E-state index contributed by atoms with van der Waals surface area (Å²) < 4.78 is 0. The van der Waals surface area contributed by atoms with Gasteiger partial charge in [-0.05, 0) is 12.5 Å². The van der Waals surface area contributed by atoms with Crippen LogP contribution in [0.25, 0.3) is 10.4 Å². The first-order valence-corrected chi connectivity index (χ1v) is 3.62. The lowest BCUT2D eigenvalue weighted by atomic mass is 10.1. The summed E-state index contributed by atoms with van der Waals surface area (Å²) in [5.41, 5.74) is 9.76. The molecule has 0 unspecified atom stereocenters. The van der Waals surface area contributed by atoms with E-state index in [4.69, 9.17) is 10.7 Å². The van der Waals surface area contributed by atoms with Crippen LogP contribution >= 0.6 is 0 Å². The molecule has 1 rings (SSSR count). The molecule has 0 radical (unpaired) electrons. The molecule has 13 heavy (non-hydrogen) atoms. The fourth-order valence-corrected chi connectivity index (χ4v) is 0.969. The molecule has 1 aromatic rings. The monoisotopic (exact) mass is 176 g/mol. The number of azide groups is 1. The average molecular weight is 176 g/mol. The van der Waals surface area contributed by atoms with Crippen molar-refractivity contribution in [3.63, 3.8) is 0 Å². The zero-order valence-electron chi connectivity index (χ0n) is 7.05. The zero-order valence-corrected chi connectivity index (χ0v) is 7.05. The molecule has 0 atom stereocenters. The lowest BCUT2D eigenvalue weighted by molar-refractivity contribution is 0.319. The van der Waals surface area contributed by atoms with Gasteiger partial charge in [-0.3, -0.25) is 0 Å². The third kappa shape index (κ3) is 1.98. The molecule has 0 amide bonds. The lowest BCUT2D eigenvalue weighted by Crippen LogP contribution is -1.93. The molecular formula is C8H8N4O. The molecule has 0 aliphatic rings. The average Bonchev–Trinajstić information content (AvgIpc) is 2.18. The molecule has 5 nitrogen and oxygen atoms in total. The Kier molecular flexibility index (Phi) is 2.89. The predicted molar refractivity (Wildman–Crippen MR) is 49.2 cm³/mol. The zero-order chi connectivity index (χ0) is 9.68. The smallest absolute Gasteiger partial charge is 0.0841 e. The Morgan fingerprint density at radius 2 is 2.15 bits per heavy atom. The van der Waals surface area contributed by atoms with Crippen LogP contribution < -0.4 is 0 Å². The summed E-state index contributed by atoms with van der Waals surface area (Å²) in [6.45, 7) is 1.63. The molecule has 0 aromatic heterocycles. The number of oxime groups is 1. The van der Waals surface area contributed by atoms with Crippen molar-refractivity contribution in [2.75, 3.05) is 0 Å². The fourth-order valence-electron chi connectivity index (χ4n) is 0.969. The summed E-state index contributed by atoms with van der Waals surface area (Å²) in [6.07, 6.45) is 0. The Morgan fingerprint density at radius 3 is 2.77 bits per heavy atom. The summed E-state index contributed by atoms with van der Waals surface area (Å²) in [5.74, 6) is 0. The Bertz CT molecular complexity index is 379. The molecule has 0 fully saturated rings. The van der Waals surface area contributed by atoms with Gasteiger partial charge in [-0.15, -0.1) is 0 Å². The second-order valence-electron chi connectivity index (χ2n) is 2.39. The third-order valence-corrected chi connectivity index (χ3v) is 1.60. The number of nitrogens with zero attached hydrogens (tertiary/aromatic N) is 4. The summed E-state index contributed by atoms with van der Waals surface area (Å²) in [5, 5.41) is 15.0. The van der Waals surface area contributed by atoms with E-state index in [1.807, 2.05) is 0 Å². The van der Waals surface area contributed by atoms with Gasteiger partial charge in [0.25, 0.3) is 0 Å². The third-order valence-electron chi connectivity index (χ3n) is 1.60. The van der Waals surface area contributed by atoms with E-state index >= 15 is 0 Å². The highest BCUT2D eigenvalue weighted by Gasteiger charge is 2.02. The molecular weight excluding hydrogens is 168 g/mol. The Hall–Kier alpha value is -2.00. The van der Waals surface area contributed by atoms with Crippen LogP contribution in [-0.2, 0) is 0 Å². The van der Waals surface area contributed by atoms with Crippen molar-refractivity contribution in [3.05, 3.63) is 40.3 Å². The predicted octanol–water partition coefficient (Wildman–Crippen LogP) is 2.83. The number of hydrogen-bond donors (Lipinski definition) is 1. The van der Waals surface area contributed by atoms with Gasteiger partial charge < -0.3 is 5.21 Å². The maximum Gasteiger partial charge on any atom is 0.0841 e. The van der Waals surface area contributed by atoms with Crippen molar-refractivity contribution in [1.29, 1.82) is 0 Å². The van der Waals surface area contributed by atoms with Gasteiger partial charge >= 0.3 is 0 Å². The van der Waals surface area contributed by atoms with Gasteiger partial charge in [-0.2, -0.15) is 0 Å². The number of benzene rings is 1. The molecule has 1 aromatic carbocycles. The van der Waals surface area contributed by atoms with Crippen LogP contribution in [0.3, 0.4) is 0 Å². The Morgan fingerprint density at radius 1 is 1.46 bits per heavy atom. The lowest BCUT2D eigenvalue weighted by Gasteiger charge is -2.01. The number of hydrogen-bond acceptors (Lipinski definition) is 3. The minimum atomic E-state index is 0.419. The van der Waals surface area contributed by atoms with E-state index in [0.717, 1.165) is 0 Å². The molecule has 0 heterocycles. The van der Waals surface area contributed by atoms with Crippen molar-refractivity contribution in [2.24, 2.45) is 10.3 Å². The number of rotatable bonds is 2. The first-order valence-electron chi connectivity index (χ1n) is 3.62. The van der Waals surface area contributed by atoms with E-state index in [1.165, 1.54) is 0 Å². The van der Waals surface area contributed by atoms with Crippen molar-refractivity contribution >= 4 is 11.4 Å². The van der Waals surface area contributed by atoms with E-state index in [2.05, 4.69) is 15.2 Å². The van der Waals surface area contributed by atoms with E-state index in [9.17, 15) is 0 Å². The van der Waals surface area contributed by atoms with Gasteiger partial charge in [-0.25, -0.2) is 0 Å². The maximum atomic E-state index is 8.53. The van der Waals surface area contributed by atoms with Gasteiger partial charge in [-0.1, -0.05) is 34.5 Å². The first kappa shape index (κ1) is 9.09. The minimum Gasteiger partial charge on any atom is -0.411 e. The van der Waals surface area contributed by atoms with Gasteiger partial charge in [0.05, 0.1) is 5.71 Å². The van der Waals surface area contributed by atoms with Crippen molar-refractivity contribution in [1.82, 2.24) is 0 Å². The molecule has 66 valence electrons. The van der Waals surface area contributed by atoms with Crippen LogP contribution in [0.4, 0.5) is 5.69 Å². The van der Waals surface area contributed by atoms with Crippen LogP contribution in [0, 0.1) is 0 Å². The van der Waals surface area contributed by atoms with Gasteiger partial charge in [0.2, 0.25) is 0 Å². The van der Waals surface area contributed by atoms with E-state index < -0.39 is 0 Å². The van der Waals surface area contributed by atoms with E-state index in [-0.39, 0.29) is 0 Å². The summed E-state index contributed by atoms with van der Waals surface area (Å²) in [6, 6.07) is 6.90. The Balaban J connectivity index is 3.27. The molecule has 5 heteroatoms. The van der Waals surface area contributed by atoms with Gasteiger partial charge in [0.1, 0.15) is 0 Å². The Labute approximate surface area is 74.9 Å². The van der Waals surface area contributed by atoms with E-state index in [1.54, 1.807) is 31.2 Å². The van der Waals surface area contributed by atoms with Crippen LogP contribution in [0.5, 0.6) is 0 Å². The highest BCUT2D eigenvalue weighted by Crippen LogP contribution is 2.19. The second-order valence-corrected chi connectivity index (χ2v) is 2.39. The maximum absolute atomic E-state index is 8.53. The molecule has 0 spiro atoms. The van der Waals surface area contributed by atoms with Crippen LogP contribution in [0.15, 0.2) is 34.5 Å². The largest absolute Gasteiger partial charge is 0.411 e. The van der Waals surface area contributed by atoms with Crippen molar-refractivity contribution in [3.8, 4) is 0 Å². The molecule has 0 saturated heterocycles. The summed E-state index contributed by atoms with van der Waals surface area (Å²) in [7, 11) is 0. The summed E-state index contributed by atoms with van der Waals surface area (Å²) >= 11 is 0. The molecule has 0 saturated carbocycles.